The number of hydrogen-bond donors (Lipinski definition) is 1. The molecule has 0 bridgehead atoms. The maximum atomic E-state index is 13.0. The van der Waals surface area contributed by atoms with Gasteiger partial charge in [0.15, 0.2) is 5.79 Å². The Hall–Kier alpha value is -1.45. The lowest BCUT2D eigenvalue weighted by Crippen LogP contribution is -2.63. The van der Waals surface area contributed by atoms with Crippen molar-refractivity contribution in [2.75, 3.05) is 12.9 Å². The highest BCUT2D eigenvalue weighted by molar-refractivity contribution is 7.99. The van der Waals surface area contributed by atoms with E-state index in [0.717, 1.165) is 0 Å². The van der Waals surface area contributed by atoms with Gasteiger partial charge in [-0.05, 0) is 32.2 Å². The number of ether oxygens (including phenoxy) is 3. The van der Waals surface area contributed by atoms with Gasteiger partial charge in [0.1, 0.15) is 29.8 Å². The molecule has 7 nitrogen and oxygen atoms in total. The molecular weight excluding hydrogens is 358 g/mol. The number of fused-ring (bicyclic) bond motifs is 2. The molecule has 4 rings (SSSR count). The first-order valence-corrected chi connectivity index (χ1v) is 9.78. The Balaban J connectivity index is 1.75. The highest BCUT2D eigenvalue weighted by atomic mass is 32.2. The van der Waals surface area contributed by atoms with Crippen molar-refractivity contribution in [1.29, 1.82) is 0 Å². The highest BCUT2D eigenvalue weighted by Crippen LogP contribution is 2.43. The summed E-state index contributed by atoms with van der Waals surface area (Å²) in [4.78, 5) is 27.2. The van der Waals surface area contributed by atoms with Gasteiger partial charge in [-0.3, -0.25) is 14.5 Å². The molecule has 3 heterocycles. The van der Waals surface area contributed by atoms with Crippen molar-refractivity contribution in [2.45, 2.75) is 49.4 Å². The number of imide groups is 1. The van der Waals surface area contributed by atoms with Gasteiger partial charge in [-0.2, -0.15) is 0 Å². The van der Waals surface area contributed by atoms with Gasteiger partial charge in [-0.15, -0.1) is 11.8 Å². The van der Waals surface area contributed by atoms with Crippen LogP contribution in [-0.2, 0) is 14.2 Å². The highest BCUT2D eigenvalue weighted by Gasteiger charge is 2.59. The summed E-state index contributed by atoms with van der Waals surface area (Å²) in [6.45, 7) is 3.31. The fourth-order valence-electron chi connectivity index (χ4n) is 3.94. The second-order valence-corrected chi connectivity index (χ2v) is 7.98. The molecule has 2 amide bonds. The molecular formula is C18H21NO6S. The normalized spacial score (nSPS) is 35.5. The SMILES string of the molecule is CS[C@@H]1O[C@H](CO)[C@@H]2OC(C)(C)O[C@@H]2[C@H]1N1C(=O)c2ccccc2C1=O. The number of benzene rings is 1. The Bertz CT molecular complexity index is 718. The maximum Gasteiger partial charge on any atom is 0.262 e. The molecule has 2 saturated heterocycles. The molecule has 26 heavy (non-hydrogen) atoms. The number of thioether (sulfide) groups is 1. The molecule has 3 aliphatic rings. The number of aliphatic hydroxyl groups is 1. The summed E-state index contributed by atoms with van der Waals surface area (Å²) in [6, 6.07) is 6.13. The number of carbonyl (C=O) groups is 2. The van der Waals surface area contributed by atoms with Gasteiger partial charge in [0.25, 0.3) is 11.8 Å². The zero-order valence-corrected chi connectivity index (χ0v) is 15.6. The van der Waals surface area contributed by atoms with Gasteiger partial charge in [0.05, 0.1) is 17.7 Å². The number of nitrogens with zero attached hydrogens (tertiary/aromatic N) is 1. The monoisotopic (exact) mass is 379 g/mol. The standard InChI is InChI=1S/C18H21NO6S/c1-18(2)24-13-11(8-20)23-17(26-3)12(14(13)25-18)19-15(21)9-6-4-5-7-10(9)16(19)22/h4-7,11-14,17,20H,8H2,1-3H3/t11-,12-,13+,14-,17+/m1/s1. The Morgan fingerprint density at radius 1 is 1.12 bits per heavy atom. The second kappa shape index (κ2) is 6.31. The molecule has 2 fully saturated rings. The Morgan fingerprint density at radius 2 is 1.69 bits per heavy atom. The van der Waals surface area contributed by atoms with Crippen LogP contribution in [0.25, 0.3) is 0 Å². The largest absolute Gasteiger partial charge is 0.394 e. The number of amides is 2. The minimum Gasteiger partial charge on any atom is -0.394 e. The molecule has 0 saturated carbocycles. The van der Waals surface area contributed by atoms with Crippen LogP contribution >= 0.6 is 11.8 Å². The van der Waals surface area contributed by atoms with Gasteiger partial charge in [-0.25, -0.2) is 0 Å². The van der Waals surface area contributed by atoms with Crippen LogP contribution in [0.4, 0.5) is 0 Å². The van der Waals surface area contributed by atoms with E-state index >= 15 is 0 Å². The molecule has 3 aliphatic heterocycles. The van der Waals surface area contributed by atoms with Crippen LogP contribution in [0.2, 0.25) is 0 Å². The second-order valence-electron chi connectivity index (χ2n) is 7.04. The number of hydrogen-bond acceptors (Lipinski definition) is 7. The lowest BCUT2D eigenvalue weighted by atomic mass is 9.97. The minimum atomic E-state index is -0.893. The molecule has 0 aliphatic carbocycles. The molecule has 0 spiro atoms. The quantitative estimate of drug-likeness (QED) is 0.791. The average Bonchev–Trinajstić information content (AvgIpc) is 3.08. The summed E-state index contributed by atoms with van der Waals surface area (Å²) in [5, 5.41) is 9.70. The van der Waals surface area contributed by atoms with Gasteiger partial charge in [0.2, 0.25) is 0 Å². The smallest absolute Gasteiger partial charge is 0.262 e. The summed E-state index contributed by atoms with van der Waals surface area (Å²) in [5.41, 5.74) is 0.251. The van der Waals surface area contributed by atoms with Crippen molar-refractivity contribution in [1.82, 2.24) is 4.90 Å². The predicted octanol–water partition coefficient (Wildman–Crippen LogP) is 1.25. The van der Waals surface area contributed by atoms with E-state index in [2.05, 4.69) is 0 Å². The topological polar surface area (TPSA) is 85.3 Å². The Labute approximate surface area is 155 Å². The van der Waals surface area contributed by atoms with Crippen molar-refractivity contribution in [3.05, 3.63) is 35.4 Å². The van der Waals surface area contributed by atoms with Crippen molar-refractivity contribution >= 4 is 23.6 Å². The molecule has 0 radical (unpaired) electrons. The summed E-state index contributed by atoms with van der Waals surface area (Å²) >= 11 is 1.38. The summed E-state index contributed by atoms with van der Waals surface area (Å²) in [5.74, 6) is -1.60. The van der Waals surface area contributed by atoms with Crippen LogP contribution in [0.15, 0.2) is 24.3 Å². The van der Waals surface area contributed by atoms with Crippen LogP contribution < -0.4 is 0 Å². The third kappa shape index (κ3) is 2.59. The maximum absolute atomic E-state index is 13.0. The lowest BCUT2D eigenvalue weighted by molar-refractivity contribution is -0.159. The molecule has 5 atom stereocenters. The van der Waals surface area contributed by atoms with Crippen LogP contribution in [0, 0.1) is 0 Å². The van der Waals surface area contributed by atoms with E-state index in [9.17, 15) is 14.7 Å². The number of rotatable bonds is 3. The molecule has 0 aromatic heterocycles. The first kappa shape index (κ1) is 17.9. The molecule has 1 aromatic rings. The number of carbonyl (C=O) groups excluding carboxylic acids is 2. The van der Waals surface area contributed by atoms with Crippen molar-refractivity contribution < 1.29 is 28.9 Å². The lowest BCUT2D eigenvalue weighted by Gasteiger charge is -2.44. The average molecular weight is 379 g/mol. The number of aliphatic hydroxyl groups excluding tert-OH is 1. The predicted molar refractivity (Wildman–Crippen MR) is 93.8 cm³/mol. The molecule has 1 N–H and O–H groups in total. The summed E-state index contributed by atoms with van der Waals surface area (Å²) in [6.07, 6.45) is 0.125. The van der Waals surface area contributed by atoms with E-state index in [1.54, 1.807) is 38.1 Å². The van der Waals surface area contributed by atoms with E-state index in [1.807, 2.05) is 6.26 Å². The van der Waals surface area contributed by atoms with Gasteiger partial charge >= 0.3 is 0 Å². The van der Waals surface area contributed by atoms with E-state index in [4.69, 9.17) is 14.2 Å². The van der Waals surface area contributed by atoms with Crippen LogP contribution in [0.3, 0.4) is 0 Å². The molecule has 0 unspecified atom stereocenters. The van der Waals surface area contributed by atoms with Crippen molar-refractivity contribution in [3.8, 4) is 0 Å². The fourth-order valence-corrected chi connectivity index (χ4v) is 4.75. The Kier molecular flexibility index (Phi) is 4.36. The van der Waals surface area contributed by atoms with Gasteiger partial charge in [-0.1, -0.05) is 12.1 Å². The third-order valence-corrected chi connectivity index (χ3v) is 5.84. The fraction of sp³-hybridized carbons (Fsp3) is 0.556. The summed E-state index contributed by atoms with van der Waals surface area (Å²) in [7, 11) is 0. The first-order valence-electron chi connectivity index (χ1n) is 8.49. The molecule has 140 valence electrons. The van der Waals surface area contributed by atoms with Gasteiger partial charge < -0.3 is 19.3 Å². The zero-order chi connectivity index (χ0) is 18.6. The molecule has 1 aromatic carbocycles. The van der Waals surface area contributed by atoms with E-state index < -0.39 is 35.6 Å². The Morgan fingerprint density at radius 3 is 2.23 bits per heavy atom. The van der Waals surface area contributed by atoms with Crippen LogP contribution in [-0.4, -0.2) is 70.3 Å². The van der Waals surface area contributed by atoms with Crippen LogP contribution in [0.5, 0.6) is 0 Å². The third-order valence-electron chi connectivity index (χ3n) is 4.99. The van der Waals surface area contributed by atoms with Gasteiger partial charge in [0, 0.05) is 0 Å². The van der Waals surface area contributed by atoms with E-state index in [0.29, 0.717) is 11.1 Å². The van der Waals surface area contributed by atoms with Crippen LogP contribution in [0.1, 0.15) is 34.6 Å². The van der Waals surface area contributed by atoms with Crippen molar-refractivity contribution in [2.24, 2.45) is 0 Å². The minimum absolute atomic E-state index is 0.230. The summed E-state index contributed by atoms with van der Waals surface area (Å²) < 4.78 is 18.0. The zero-order valence-electron chi connectivity index (χ0n) is 14.7. The van der Waals surface area contributed by atoms with E-state index in [-0.39, 0.29) is 18.4 Å². The first-order chi connectivity index (χ1) is 12.4. The van der Waals surface area contributed by atoms with E-state index in [1.165, 1.54) is 16.7 Å². The molecule has 8 heteroatoms. The van der Waals surface area contributed by atoms with Crippen molar-refractivity contribution in [3.63, 3.8) is 0 Å².